The summed E-state index contributed by atoms with van der Waals surface area (Å²) < 4.78 is 0. The minimum Gasteiger partial charge on any atom is -0.370 e. The van der Waals surface area contributed by atoms with Crippen LogP contribution in [0.3, 0.4) is 0 Å². The van der Waals surface area contributed by atoms with Crippen LogP contribution in [-0.2, 0) is 6.54 Å². The second kappa shape index (κ2) is 6.43. The molecule has 21 heavy (non-hydrogen) atoms. The van der Waals surface area contributed by atoms with Crippen molar-refractivity contribution < 1.29 is 0 Å². The monoisotopic (exact) mass is 302 g/mol. The number of nitrogens with zero attached hydrogens (tertiary/aromatic N) is 3. The van der Waals surface area contributed by atoms with Crippen LogP contribution < -0.4 is 10.2 Å². The van der Waals surface area contributed by atoms with Crippen LogP contribution in [0.2, 0.25) is 0 Å². The lowest BCUT2D eigenvalue weighted by Crippen LogP contribution is -2.27. The Morgan fingerprint density at radius 1 is 1.38 bits per heavy atom. The van der Waals surface area contributed by atoms with Crippen molar-refractivity contribution in [1.29, 1.82) is 0 Å². The predicted octanol–water partition coefficient (Wildman–Crippen LogP) is 3.84. The number of thiophene rings is 1. The van der Waals surface area contributed by atoms with Gasteiger partial charge in [0.15, 0.2) is 0 Å². The lowest BCUT2D eigenvalue weighted by Gasteiger charge is -2.25. The van der Waals surface area contributed by atoms with E-state index in [9.17, 15) is 0 Å². The molecule has 0 saturated heterocycles. The quantitative estimate of drug-likeness (QED) is 0.844. The Bertz CT molecular complexity index is 578. The molecule has 3 rings (SSSR count). The summed E-state index contributed by atoms with van der Waals surface area (Å²) in [4.78, 5) is 11.4. The lowest BCUT2D eigenvalue weighted by atomic mass is 10.2. The molecule has 4 nitrogen and oxygen atoms in total. The molecular weight excluding hydrogens is 280 g/mol. The molecule has 1 N–H and O–H groups in total. The first-order chi connectivity index (χ1) is 10.3. The Morgan fingerprint density at radius 2 is 2.24 bits per heavy atom. The smallest absolute Gasteiger partial charge is 0.137 e. The number of hydrogen-bond acceptors (Lipinski definition) is 5. The Hall–Kier alpha value is -1.62. The van der Waals surface area contributed by atoms with E-state index < -0.39 is 0 Å². The standard InChI is InChI=1S/C16H22N4S/c1-3-7-17-15-12(2)16(19-11-18-15)20(14-4-5-14)9-13-6-8-21-10-13/h6,8,10-11,14H,3-5,7,9H2,1-2H3,(H,17,18,19). The van der Waals surface area contributed by atoms with Gasteiger partial charge in [-0.15, -0.1) is 0 Å². The zero-order valence-corrected chi connectivity index (χ0v) is 13.5. The van der Waals surface area contributed by atoms with E-state index in [1.165, 1.54) is 18.4 Å². The van der Waals surface area contributed by atoms with Crippen LogP contribution >= 0.6 is 11.3 Å². The van der Waals surface area contributed by atoms with Crippen LogP contribution in [0.1, 0.15) is 37.3 Å². The molecule has 2 aromatic rings. The highest BCUT2D eigenvalue weighted by Gasteiger charge is 2.31. The second-order valence-electron chi connectivity index (χ2n) is 5.59. The third kappa shape index (κ3) is 3.35. The first-order valence-electron chi connectivity index (χ1n) is 7.62. The van der Waals surface area contributed by atoms with Gasteiger partial charge in [-0.25, -0.2) is 9.97 Å². The molecule has 1 saturated carbocycles. The zero-order chi connectivity index (χ0) is 14.7. The van der Waals surface area contributed by atoms with Crippen LogP contribution in [0, 0.1) is 6.92 Å². The van der Waals surface area contributed by atoms with Gasteiger partial charge in [-0.1, -0.05) is 6.92 Å². The summed E-state index contributed by atoms with van der Waals surface area (Å²) in [5, 5.41) is 7.77. The molecule has 1 aliphatic rings. The van der Waals surface area contributed by atoms with Crippen molar-refractivity contribution in [2.45, 2.75) is 45.7 Å². The maximum Gasteiger partial charge on any atom is 0.137 e. The fraction of sp³-hybridized carbons (Fsp3) is 0.500. The molecular formula is C16H22N4S. The van der Waals surface area contributed by atoms with E-state index in [0.717, 1.165) is 36.7 Å². The maximum absolute atomic E-state index is 4.57. The van der Waals surface area contributed by atoms with Crippen molar-refractivity contribution in [1.82, 2.24) is 9.97 Å². The van der Waals surface area contributed by atoms with Crippen LogP contribution in [0.4, 0.5) is 11.6 Å². The van der Waals surface area contributed by atoms with Gasteiger partial charge < -0.3 is 10.2 Å². The fourth-order valence-corrected chi connectivity index (χ4v) is 3.15. The van der Waals surface area contributed by atoms with Gasteiger partial charge in [0.25, 0.3) is 0 Å². The van der Waals surface area contributed by atoms with Crippen molar-refractivity contribution in [2.24, 2.45) is 0 Å². The van der Waals surface area contributed by atoms with Crippen molar-refractivity contribution >= 4 is 23.0 Å². The summed E-state index contributed by atoms with van der Waals surface area (Å²) in [7, 11) is 0. The predicted molar refractivity (Wildman–Crippen MR) is 89.1 cm³/mol. The molecule has 5 heteroatoms. The van der Waals surface area contributed by atoms with E-state index in [0.29, 0.717) is 6.04 Å². The molecule has 2 heterocycles. The van der Waals surface area contributed by atoms with Crippen LogP contribution in [-0.4, -0.2) is 22.6 Å². The van der Waals surface area contributed by atoms with E-state index in [-0.39, 0.29) is 0 Å². The summed E-state index contributed by atoms with van der Waals surface area (Å²) in [6.45, 7) is 6.18. The van der Waals surface area contributed by atoms with Gasteiger partial charge in [-0.2, -0.15) is 11.3 Å². The highest BCUT2D eigenvalue weighted by Crippen LogP contribution is 2.35. The topological polar surface area (TPSA) is 41.1 Å². The van der Waals surface area contributed by atoms with Gasteiger partial charge >= 0.3 is 0 Å². The molecule has 112 valence electrons. The Kier molecular flexibility index (Phi) is 4.39. The molecule has 2 aromatic heterocycles. The lowest BCUT2D eigenvalue weighted by molar-refractivity contribution is 0.772. The summed E-state index contributed by atoms with van der Waals surface area (Å²) in [6.07, 6.45) is 5.32. The van der Waals surface area contributed by atoms with Crippen molar-refractivity contribution in [3.8, 4) is 0 Å². The van der Waals surface area contributed by atoms with Crippen LogP contribution in [0.15, 0.2) is 23.2 Å². The SMILES string of the molecule is CCCNc1ncnc(N(Cc2ccsc2)C2CC2)c1C. The summed E-state index contributed by atoms with van der Waals surface area (Å²) in [6, 6.07) is 2.84. The maximum atomic E-state index is 4.57. The molecule has 1 aliphatic carbocycles. The van der Waals surface area contributed by atoms with Gasteiger partial charge in [0.1, 0.15) is 18.0 Å². The minimum absolute atomic E-state index is 0.637. The summed E-state index contributed by atoms with van der Waals surface area (Å²) >= 11 is 1.76. The first-order valence-corrected chi connectivity index (χ1v) is 8.57. The minimum atomic E-state index is 0.637. The van der Waals surface area contributed by atoms with Crippen molar-refractivity contribution in [3.05, 3.63) is 34.3 Å². The van der Waals surface area contributed by atoms with E-state index in [2.05, 4.69) is 50.9 Å². The number of rotatable bonds is 7. The van der Waals surface area contributed by atoms with Gasteiger partial charge in [0.05, 0.1) is 0 Å². The summed E-state index contributed by atoms with van der Waals surface area (Å²) in [5.74, 6) is 2.05. The molecule has 0 atom stereocenters. The normalized spacial score (nSPS) is 14.2. The Labute approximate surface area is 130 Å². The van der Waals surface area contributed by atoms with Gasteiger partial charge in [0.2, 0.25) is 0 Å². The highest BCUT2D eigenvalue weighted by atomic mass is 32.1. The van der Waals surface area contributed by atoms with E-state index in [4.69, 9.17) is 0 Å². The van der Waals surface area contributed by atoms with Crippen LogP contribution in [0.5, 0.6) is 0 Å². The zero-order valence-electron chi connectivity index (χ0n) is 12.7. The number of aromatic nitrogens is 2. The average molecular weight is 302 g/mol. The fourth-order valence-electron chi connectivity index (χ4n) is 2.49. The first kappa shape index (κ1) is 14.3. The number of hydrogen-bond donors (Lipinski definition) is 1. The van der Waals surface area contributed by atoms with E-state index in [1.54, 1.807) is 17.7 Å². The molecule has 0 spiro atoms. The van der Waals surface area contributed by atoms with Gasteiger partial charge in [-0.3, -0.25) is 0 Å². The molecule has 0 aliphatic heterocycles. The number of nitrogens with one attached hydrogen (secondary N) is 1. The van der Waals surface area contributed by atoms with E-state index >= 15 is 0 Å². The van der Waals surface area contributed by atoms with Crippen LogP contribution in [0.25, 0.3) is 0 Å². The molecule has 0 unspecified atom stereocenters. The highest BCUT2D eigenvalue weighted by molar-refractivity contribution is 7.07. The Morgan fingerprint density at radius 3 is 2.90 bits per heavy atom. The molecule has 0 radical (unpaired) electrons. The van der Waals surface area contributed by atoms with E-state index in [1.807, 2.05) is 0 Å². The van der Waals surface area contributed by atoms with Crippen molar-refractivity contribution in [3.63, 3.8) is 0 Å². The molecule has 0 bridgehead atoms. The van der Waals surface area contributed by atoms with Crippen molar-refractivity contribution in [2.75, 3.05) is 16.8 Å². The molecule has 1 fully saturated rings. The second-order valence-corrected chi connectivity index (χ2v) is 6.37. The average Bonchev–Trinajstić information content (AvgIpc) is 3.21. The van der Waals surface area contributed by atoms with Gasteiger partial charge in [-0.05, 0) is 48.6 Å². The Balaban J connectivity index is 1.85. The third-order valence-corrected chi connectivity index (χ3v) is 4.52. The van der Waals surface area contributed by atoms with Gasteiger partial charge in [0, 0.05) is 24.7 Å². The molecule has 0 aromatic carbocycles. The molecule has 0 amide bonds. The number of anilines is 2. The third-order valence-electron chi connectivity index (χ3n) is 3.79. The summed E-state index contributed by atoms with van der Waals surface area (Å²) in [5.41, 5.74) is 2.53. The largest absolute Gasteiger partial charge is 0.370 e.